The fraction of sp³-hybridized carbons (Fsp3) is 0.875. The number of hydrogen-bond donors (Lipinski definition) is 2. The molecule has 66 valence electrons. The van der Waals surface area contributed by atoms with Crippen molar-refractivity contribution in [2.24, 2.45) is 0 Å². The Hall–Kier alpha value is 0.430. The van der Waals surface area contributed by atoms with E-state index in [-0.39, 0.29) is 31.0 Å². The minimum atomic E-state index is -0.694. The van der Waals surface area contributed by atoms with Crippen molar-refractivity contribution in [3.63, 3.8) is 0 Å². The van der Waals surface area contributed by atoms with Gasteiger partial charge in [0.2, 0.25) is 0 Å². The Morgan fingerprint density at radius 1 is 1.58 bits per heavy atom. The van der Waals surface area contributed by atoms with Gasteiger partial charge in [-0.05, 0) is 25.8 Å². The molecule has 1 aliphatic carbocycles. The van der Waals surface area contributed by atoms with Crippen LogP contribution >= 0.6 is 0 Å². The van der Waals surface area contributed by atoms with Crippen molar-refractivity contribution in [2.45, 2.75) is 38.1 Å². The third-order valence-corrected chi connectivity index (χ3v) is 2.11. The van der Waals surface area contributed by atoms with Gasteiger partial charge >= 0.3 is 35.5 Å². The van der Waals surface area contributed by atoms with Crippen LogP contribution in [0, 0.1) is 0 Å². The fourth-order valence-corrected chi connectivity index (χ4v) is 1.16. The van der Waals surface area contributed by atoms with Gasteiger partial charge in [-0.2, -0.15) is 0 Å². The average Bonchev–Trinajstić information content (AvgIpc) is 1.82. The Kier molecular flexibility index (Phi) is 7.14. The van der Waals surface area contributed by atoms with Gasteiger partial charge in [-0.1, -0.05) is 6.42 Å². The van der Waals surface area contributed by atoms with Gasteiger partial charge < -0.3 is 11.8 Å². The topological polar surface area (TPSA) is 49.3 Å². The van der Waals surface area contributed by atoms with E-state index >= 15 is 0 Å². The summed E-state index contributed by atoms with van der Waals surface area (Å²) in [6, 6.07) is 0.684. The Morgan fingerprint density at radius 3 is 2.67 bits per heavy atom. The molecule has 1 saturated carbocycles. The number of nitrogens with one attached hydrogen (secondary N) is 1. The largest absolute Gasteiger partial charge is 1.00 e. The van der Waals surface area contributed by atoms with E-state index < -0.39 is 5.97 Å². The molecule has 0 aromatic carbocycles. The molecular formula is C8H16NNaO2. The van der Waals surface area contributed by atoms with Crippen LogP contribution in [0.25, 0.3) is 0 Å². The van der Waals surface area contributed by atoms with E-state index in [2.05, 4.69) is 5.32 Å². The standard InChI is InChI=1S/C8H15NO2.Na.H/c10-8(11)5-2-6-9-7-3-1-4-7;;/h7,9H,1-6H2,(H,10,11);;/q;+1;-1. The van der Waals surface area contributed by atoms with Crippen LogP contribution < -0.4 is 34.9 Å². The van der Waals surface area contributed by atoms with Gasteiger partial charge in [0.25, 0.3) is 0 Å². The summed E-state index contributed by atoms with van der Waals surface area (Å²) in [5.41, 5.74) is 0. The minimum absolute atomic E-state index is 0. The monoisotopic (exact) mass is 181 g/mol. The van der Waals surface area contributed by atoms with E-state index in [0.29, 0.717) is 12.5 Å². The number of carboxylic acids is 1. The van der Waals surface area contributed by atoms with Crippen molar-refractivity contribution in [2.75, 3.05) is 6.54 Å². The first kappa shape index (κ1) is 12.4. The van der Waals surface area contributed by atoms with Gasteiger partial charge in [0.15, 0.2) is 0 Å². The Morgan fingerprint density at radius 2 is 2.25 bits per heavy atom. The molecule has 0 heterocycles. The molecule has 0 amide bonds. The average molecular weight is 181 g/mol. The molecule has 0 aliphatic heterocycles. The molecule has 4 heteroatoms. The van der Waals surface area contributed by atoms with Crippen molar-refractivity contribution in [1.82, 2.24) is 5.32 Å². The molecule has 0 radical (unpaired) electrons. The molecule has 0 saturated heterocycles. The van der Waals surface area contributed by atoms with Crippen LogP contribution in [-0.4, -0.2) is 23.7 Å². The molecule has 0 aromatic rings. The van der Waals surface area contributed by atoms with Crippen LogP contribution in [0.4, 0.5) is 0 Å². The fourth-order valence-electron chi connectivity index (χ4n) is 1.16. The normalized spacial score (nSPS) is 16.3. The van der Waals surface area contributed by atoms with E-state index in [1.807, 2.05) is 0 Å². The van der Waals surface area contributed by atoms with E-state index in [0.717, 1.165) is 13.0 Å². The van der Waals surface area contributed by atoms with E-state index in [4.69, 9.17) is 5.11 Å². The van der Waals surface area contributed by atoms with Crippen molar-refractivity contribution >= 4 is 5.97 Å². The van der Waals surface area contributed by atoms with E-state index in [1.54, 1.807) is 0 Å². The summed E-state index contributed by atoms with van der Waals surface area (Å²) in [6.07, 6.45) is 4.92. The van der Waals surface area contributed by atoms with Crippen LogP contribution in [0.1, 0.15) is 33.5 Å². The second-order valence-electron chi connectivity index (χ2n) is 3.08. The maximum Gasteiger partial charge on any atom is 1.00 e. The van der Waals surface area contributed by atoms with Crippen LogP contribution in [-0.2, 0) is 4.79 Å². The van der Waals surface area contributed by atoms with Gasteiger partial charge in [-0.25, -0.2) is 0 Å². The summed E-state index contributed by atoms with van der Waals surface area (Å²) in [5, 5.41) is 11.6. The van der Waals surface area contributed by atoms with Crippen LogP contribution in [0.5, 0.6) is 0 Å². The molecular weight excluding hydrogens is 165 g/mol. The van der Waals surface area contributed by atoms with E-state index in [9.17, 15) is 4.79 Å². The third kappa shape index (κ3) is 5.14. The van der Waals surface area contributed by atoms with Crippen molar-refractivity contribution in [3.05, 3.63) is 0 Å². The SMILES string of the molecule is O=C(O)CCCNC1CCC1.[H-].[Na+]. The molecule has 1 rings (SSSR count). The van der Waals surface area contributed by atoms with Gasteiger partial charge in [0, 0.05) is 12.5 Å². The molecule has 0 aromatic heterocycles. The van der Waals surface area contributed by atoms with Gasteiger partial charge in [-0.3, -0.25) is 4.79 Å². The van der Waals surface area contributed by atoms with Crippen molar-refractivity contribution in [3.8, 4) is 0 Å². The Bertz CT molecular complexity index is 142. The molecule has 2 N–H and O–H groups in total. The second-order valence-corrected chi connectivity index (χ2v) is 3.08. The maximum atomic E-state index is 10.1. The molecule has 0 spiro atoms. The van der Waals surface area contributed by atoms with Crippen LogP contribution in [0.3, 0.4) is 0 Å². The number of hydrogen-bond acceptors (Lipinski definition) is 2. The van der Waals surface area contributed by atoms with Gasteiger partial charge in [0.05, 0.1) is 0 Å². The van der Waals surface area contributed by atoms with Gasteiger partial charge in [-0.15, -0.1) is 0 Å². The van der Waals surface area contributed by atoms with Crippen molar-refractivity contribution < 1.29 is 40.9 Å². The Balaban J connectivity index is 0. The zero-order chi connectivity index (χ0) is 8.10. The predicted octanol–water partition coefficient (Wildman–Crippen LogP) is -1.89. The first-order valence-electron chi connectivity index (χ1n) is 4.24. The number of aliphatic carboxylic acids is 1. The molecule has 3 nitrogen and oxygen atoms in total. The summed E-state index contributed by atoms with van der Waals surface area (Å²) in [4.78, 5) is 10.1. The smallest absolute Gasteiger partial charge is 1.00 e. The summed E-state index contributed by atoms with van der Waals surface area (Å²) in [5.74, 6) is -0.694. The van der Waals surface area contributed by atoms with Gasteiger partial charge in [0.1, 0.15) is 0 Å². The number of rotatable bonds is 5. The second kappa shape index (κ2) is 6.89. The first-order valence-corrected chi connectivity index (χ1v) is 4.24. The summed E-state index contributed by atoms with van der Waals surface area (Å²) >= 11 is 0. The van der Waals surface area contributed by atoms with Crippen molar-refractivity contribution in [1.29, 1.82) is 0 Å². The number of carboxylic acid groups (broad SMARTS) is 1. The molecule has 1 aliphatic rings. The van der Waals surface area contributed by atoms with Crippen LogP contribution in [0.15, 0.2) is 0 Å². The van der Waals surface area contributed by atoms with Crippen LogP contribution in [0.2, 0.25) is 0 Å². The Labute approximate surface area is 96.7 Å². The molecule has 0 atom stereocenters. The first-order chi connectivity index (χ1) is 5.29. The summed E-state index contributed by atoms with van der Waals surface area (Å²) in [7, 11) is 0. The minimum Gasteiger partial charge on any atom is -1.00 e. The molecule has 1 fully saturated rings. The predicted molar refractivity (Wildman–Crippen MR) is 43.6 cm³/mol. The molecule has 0 bridgehead atoms. The quantitative estimate of drug-likeness (QED) is 0.385. The zero-order valence-electron chi connectivity index (χ0n) is 8.68. The molecule has 0 unspecified atom stereocenters. The summed E-state index contributed by atoms with van der Waals surface area (Å²) < 4.78 is 0. The molecule has 12 heavy (non-hydrogen) atoms. The third-order valence-electron chi connectivity index (χ3n) is 2.11. The maximum absolute atomic E-state index is 10.1. The zero-order valence-corrected chi connectivity index (χ0v) is 9.68. The number of carbonyl (C=O) groups is 1. The summed E-state index contributed by atoms with van der Waals surface area (Å²) in [6.45, 7) is 0.858. The van der Waals surface area contributed by atoms with E-state index in [1.165, 1.54) is 19.3 Å².